The van der Waals surface area contributed by atoms with Crippen LogP contribution >= 0.6 is 0 Å². The fourth-order valence-electron chi connectivity index (χ4n) is 7.43. The van der Waals surface area contributed by atoms with E-state index in [0.29, 0.717) is 17.5 Å². The number of aryl methyl sites for hydroxylation is 1. The fourth-order valence-corrected chi connectivity index (χ4v) is 7.83. The van der Waals surface area contributed by atoms with E-state index in [1.165, 1.54) is 38.1 Å². The molecule has 4 aromatic rings. The Hall–Kier alpha value is -6.96. The zero-order chi connectivity index (χ0) is 51.8. The highest BCUT2D eigenvalue weighted by Gasteiger charge is 2.38. The van der Waals surface area contributed by atoms with Crippen molar-refractivity contribution in [1.29, 1.82) is 0 Å². The van der Waals surface area contributed by atoms with Crippen molar-refractivity contribution in [3.63, 3.8) is 0 Å². The molecule has 2 heterocycles. The molecule has 23 nitrogen and oxygen atoms in total. The Bertz CT molecular complexity index is 2690. The lowest BCUT2D eigenvalue weighted by Gasteiger charge is -2.33. The largest absolute Gasteiger partial charge is 0.504 e. The number of rotatable bonds is 17. The zero-order valence-corrected chi connectivity index (χ0v) is 40.4. The summed E-state index contributed by atoms with van der Waals surface area (Å²) in [7, 11) is -3.38. The summed E-state index contributed by atoms with van der Waals surface area (Å²) in [5.74, 6) is -6.25. The molecule has 70 heavy (non-hydrogen) atoms. The van der Waals surface area contributed by atoms with Crippen molar-refractivity contribution in [2.75, 3.05) is 45.6 Å². The molecule has 24 heteroatoms. The number of phenolic OH excluding ortho intramolecular Hbond substituents is 1. The Kier molecular flexibility index (Phi) is 17.5. The Morgan fingerprint density at radius 1 is 0.971 bits per heavy atom. The lowest BCUT2D eigenvalue weighted by atomic mass is 9.86. The quantitative estimate of drug-likeness (QED) is 0.0613. The molecular weight excluding hydrogens is 931 g/mol. The third-order valence-electron chi connectivity index (χ3n) is 11.3. The number of aliphatic hydroxyl groups is 1. The van der Waals surface area contributed by atoms with Gasteiger partial charge in [-0.2, -0.15) is 13.1 Å². The molecule has 0 saturated heterocycles. The first-order valence-corrected chi connectivity index (χ1v) is 23.7. The van der Waals surface area contributed by atoms with E-state index in [2.05, 4.69) is 46.7 Å². The van der Waals surface area contributed by atoms with Gasteiger partial charge in [0.1, 0.15) is 54.0 Å². The Morgan fingerprint density at radius 2 is 1.66 bits per heavy atom. The molecule has 4 amide bonds. The summed E-state index contributed by atoms with van der Waals surface area (Å²) in [5, 5.41) is 45.1. The van der Waals surface area contributed by atoms with Crippen molar-refractivity contribution in [3.8, 4) is 39.8 Å². The first-order chi connectivity index (χ1) is 32.8. The first kappa shape index (κ1) is 54.0. The number of likely N-dealkylation sites (N-methyl/N-ethyl adjacent to an activating group) is 1. The molecule has 15 N–H and O–H groups in total. The smallest absolute Gasteiger partial charge is 0.326 e. The second kappa shape index (κ2) is 22.6. The predicted molar refractivity (Wildman–Crippen MR) is 257 cm³/mol. The van der Waals surface area contributed by atoms with Gasteiger partial charge in [-0.15, -0.1) is 0 Å². The summed E-state index contributed by atoms with van der Waals surface area (Å²) in [6.07, 6.45) is -1.07. The maximum absolute atomic E-state index is 14.9. The number of ether oxygens (including phenoxy) is 2. The number of carboxylic acid groups (broad SMARTS) is 1. The summed E-state index contributed by atoms with van der Waals surface area (Å²) in [5.41, 5.74) is 19.4. The van der Waals surface area contributed by atoms with Crippen LogP contribution in [0.15, 0.2) is 54.6 Å². The van der Waals surface area contributed by atoms with Crippen LogP contribution in [0.25, 0.3) is 22.5 Å². The average Bonchev–Trinajstić information content (AvgIpc) is 3.29. The minimum atomic E-state index is -4.52. The summed E-state index contributed by atoms with van der Waals surface area (Å²) in [6, 6.07) is 7.94. The van der Waals surface area contributed by atoms with Crippen LogP contribution in [-0.4, -0.2) is 132 Å². The Balaban J connectivity index is 1.66. The number of amides is 4. The van der Waals surface area contributed by atoms with Gasteiger partial charge in [0.15, 0.2) is 17.3 Å². The van der Waals surface area contributed by atoms with Gasteiger partial charge in [-0.25, -0.2) is 19.9 Å². The lowest BCUT2D eigenvalue weighted by molar-refractivity contribution is -0.143. The maximum Gasteiger partial charge on any atom is 0.326 e. The van der Waals surface area contributed by atoms with Gasteiger partial charge in [-0.3, -0.25) is 19.2 Å². The molecule has 0 fully saturated rings. The number of aromatic hydroxyl groups is 1. The predicted octanol–water partition coefficient (Wildman–Crippen LogP) is -0.148. The van der Waals surface area contributed by atoms with Gasteiger partial charge in [0.2, 0.25) is 17.7 Å². The monoisotopic (exact) mass is 991 g/mol. The Morgan fingerprint density at radius 3 is 2.26 bits per heavy atom. The number of aliphatic carboxylic acids is 1. The third kappa shape index (κ3) is 13.4. The van der Waals surface area contributed by atoms with E-state index in [9.17, 15) is 47.7 Å². The molecule has 378 valence electrons. The highest BCUT2D eigenvalue weighted by molar-refractivity contribution is 7.87. The number of aromatic nitrogens is 2. The molecule has 1 aromatic heterocycles. The molecule has 1 aliphatic heterocycles. The van der Waals surface area contributed by atoms with Crippen LogP contribution in [-0.2, 0) is 41.2 Å². The van der Waals surface area contributed by atoms with E-state index in [1.807, 2.05) is 29.0 Å². The van der Waals surface area contributed by atoms with Crippen LogP contribution in [0, 0.1) is 6.92 Å². The van der Waals surface area contributed by atoms with Crippen LogP contribution < -0.4 is 52.5 Å². The number of fused-ring (bicyclic) bond motifs is 5. The molecule has 5 rings (SSSR count). The first-order valence-electron chi connectivity index (χ1n) is 22.1. The van der Waals surface area contributed by atoms with Crippen LogP contribution in [0.1, 0.15) is 72.9 Å². The van der Waals surface area contributed by atoms with Crippen molar-refractivity contribution in [3.05, 3.63) is 82.5 Å². The van der Waals surface area contributed by atoms with Crippen LogP contribution in [0.2, 0.25) is 0 Å². The van der Waals surface area contributed by atoms with Gasteiger partial charge < -0.3 is 62.8 Å². The second-order valence-electron chi connectivity index (χ2n) is 17.8. The number of nitrogens with one attached hydrogen (secondary N) is 4. The molecule has 0 radical (unpaired) electrons. The van der Waals surface area contributed by atoms with E-state index in [4.69, 9.17) is 31.8 Å². The SMILES string of the molecule is Cc1nc(-c2ccc(C(C)(C)C)cc2)nc(N)c1C(=O)N[C@@H](CNS(N)(=O)=O)C(=O)N(C)[C@@H]1C(=O)N[C@@H](C)C(=O)N[C@H](C(=O)O)Cc2ccc(OCCCN)c(c2)-c2cc1cc(OC[C@@H](O)CN)c2O. The number of phenols is 1. The number of carbonyl (C=O) groups is 5. The van der Waals surface area contributed by atoms with Gasteiger partial charge in [0.05, 0.1) is 12.3 Å². The van der Waals surface area contributed by atoms with E-state index in [1.54, 1.807) is 6.07 Å². The highest BCUT2D eigenvalue weighted by atomic mass is 32.2. The number of aliphatic hydroxyl groups excluding tert-OH is 1. The van der Waals surface area contributed by atoms with Crippen molar-refractivity contribution < 1.29 is 57.2 Å². The van der Waals surface area contributed by atoms with Crippen molar-refractivity contribution in [1.82, 2.24) is 35.5 Å². The van der Waals surface area contributed by atoms with E-state index >= 15 is 0 Å². The molecule has 5 atom stereocenters. The van der Waals surface area contributed by atoms with Gasteiger partial charge >= 0.3 is 5.97 Å². The number of hydrogen-bond donors (Lipinski definition) is 11. The van der Waals surface area contributed by atoms with Gasteiger partial charge in [-0.1, -0.05) is 51.1 Å². The standard InChI is InChI=1S/C46H61N11O12S/c1-23-36(39(49)56-40(52-23)26-9-11-28(12-10-26)46(3,4)5)42(61)55-33(21-51-70(50,66)67)44(63)57(6)37-27-18-31(38(59)35(19-27)69-22-29(58)20-48)30-16-25(8-13-34(30)68-15-7-14-47)17-32(45(64)65)54-41(60)24(2)53-43(37)62/h8-13,16,18-19,24,29,32-33,37,51,58-59H,7,14-15,17,20-22,47-48H2,1-6H3,(H,53,62)(H,54,60)(H,55,61)(H,64,65)(H2,49,52,56)(H2,50,66,67)/t24-,29-,32-,33-,37-/m0/s1. The third-order valence-corrected chi connectivity index (χ3v) is 11.9. The van der Waals surface area contributed by atoms with Crippen LogP contribution in [0.4, 0.5) is 5.82 Å². The summed E-state index contributed by atoms with van der Waals surface area (Å²) in [6.45, 7) is 7.74. The number of benzene rings is 3. The second-order valence-corrected chi connectivity index (χ2v) is 19.1. The van der Waals surface area contributed by atoms with E-state index in [-0.39, 0.29) is 82.6 Å². The van der Waals surface area contributed by atoms with Gasteiger partial charge in [0, 0.05) is 43.2 Å². The molecule has 0 aliphatic carbocycles. The maximum atomic E-state index is 14.9. The average molecular weight is 992 g/mol. The van der Waals surface area contributed by atoms with Gasteiger partial charge in [-0.05, 0) is 73.2 Å². The van der Waals surface area contributed by atoms with Gasteiger partial charge in [0.25, 0.3) is 16.1 Å². The van der Waals surface area contributed by atoms with Crippen molar-refractivity contribution in [2.45, 2.75) is 83.1 Å². The van der Waals surface area contributed by atoms with E-state index < -0.39 is 89.0 Å². The van der Waals surface area contributed by atoms with E-state index in [0.717, 1.165) is 17.5 Å². The van der Waals surface area contributed by atoms with Crippen molar-refractivity contribution in [2.24, 2.45) is 16.6 Å². The Labute approximate surface area is 404 Å². The lowest BCUT2D eigenvalue weighted by Crippen LogP contribution is -2.57. The number of hydrogen-bond acceptors (Lipinski definition) is 16. The highest BCUT2D eigenvalue weighted by Crippen LogP contribution is 2.45. The molecule has 1 aliphatic rings. The fraction of sp³-hybridized carbons (Fsp3) is 0.413. The number of carboxylic acids is 1. The summed E-state index contributed by atoms with van der Waals surface area (Å²) >= 11 is 0. The number of anilines is 1. The summed E-state index contributed by atoms with van der Waals surface area (Å²) < 4.78 is 38.4. The zero-order valence-electron chi connectivity index (χ0n) is 39.6. The minimum Gasteiger partial charge on any atom is -0.504 e. The molecule has 3 aromatic carbocycles. The number of nitrogens with two attached hydrogens (primary N) is 4. The number of nitrogens with zero attached hydrogens (tertiary/aromatic N) is 3. The van der Waals surface area contributed by atoms with Crippen LogP contribution in [0.5, 0.6) is 17.2 Å². The van der Waals surface area contributed by atoms with Crippen molar-refractivity contribution >= 4 is 45.6 Å². The molecular formula is C46H61N11O12S. The molecule has 0 saturated carbocycles. The molecule has 4 bridgehead atoms. The normalized spacial score (nSPS) is 17.3. The number of nitrogen functional groups attached to an aromatic ring is 1. The molecule has 0 unspecified atom stereocenters. The summed E-state index contributed by atoms with van der Waals surface area (Å²) in [4.78, 5) is 79.4. The topological polar surface area (TPSA) is 380 Å². The molecule has 0 spiro atoms. The number of carbonyl (C=O) groups excluding carboxylic acids is 4. The minimum absolute atomic E-state index is 0.0562. The van der Waals surface area contributed by atoms with Crippen LogP contribution in [0.3, 0.4) is 0 Å².